The van der Waals surface area contributed by atoms with Gasteiger partial charge in [-0.25, -0.2) is 0 Å². The first-order valence-corrected chi connectivity index (χ1v) is 6.46. The number of nitrogens with one attached hydrogen (secondary N) is 1. The molecule has 1 saturated heterocycles. The SMILES string of the molecule is CC(CN1CCOCC1)Nc1cccc([N+](=O)[O-])c1. The fraction of sp³-hybridized carbons (Fsp3) is 0.538. The number of nitrogens with zero attached hydrogens (tertiary/aromatic N) is 2. The molecule has 1 aromatic carbocycles. The molecule has 0 radical (unpaired) electrons. The van der Waals surface area contributed by atoms with Gasteiger partial charge < -0.3 is 10.1 Å². The van der Waals surface area contributed by atoms with Gasteiger partial charge in [0.2, 0.25) is 0 Å². The molecule has 6 nitrogen and oxygen atoms in total. The third-order valence-corrected chi connectivity index (χ3v) is 3.11. The lowest BCUT2D eigenvalue weighted by molar-refractivity contribution is -0.384. The molecule has 0 amide bonds. The summed E-state index contributed by atoms with van der Waals surface area (Å²) in [6, 6.07) is 6.85. The molecule has 1 unspecified atom stereocenters. The molecule has 0 aromatic heterocycles. The van der Waals surface area contributed by atoms with E-state index in [1.54, 1.807) is 12.1 Å². The maximum Gasteiger partial charge on any atom is 0.271 e. The summed E-state index contributed by atoms with van der Waals surface area (Å²) >= 11 is 0. The number of morpholine rings is 1. The van der Waals surface area contributed by atoms with E-state index in [2.05, 4.69) is 17.1 Å². The molecule has 1 fully saturated rings. The molecule has 0 saturated carbocycles. The molecular formula is C13H19N3O3. The van der Waals surface area contributed by atoms with Gasteiger partial charge in [-0.05, 0) is 13.0 Å². The normalized spacial score (nSPS) is 17.9. The molecule has 104 valence electrons. The molecule has 0 aliphatic carbocycles. The fourth-order valence-corrected chi connectivity index (χ4v) is 2.21. The number of benzene rings is 1. The van der Waals surface area contributed by atoms with Crippen LogP contribution in [-0.2, 0) is 4.74 Å². The van der Waals surface area contributed by atoms with Crippen molar-refractivity contribution in [2.45, 2.75) is 13.0 Å². The van der Waals surface area contributed by atoms with Crippen molar-refractivity contribution in [3.05, 3.63) is 34.4 Å². The summed E-state index contributed by atoms with van der Waals surface area (Å²) < 4.78 is 5.30. The summed E-state index contributed by atoms with van der Waals surface area (Å²) in [6.07, 6.45) is 0. The maximum absolute atomic E-state index is 10.7. The number of hydrogen-bond donors (Lipinski definition) is 1. The molecule has 1 N–H and O–H groups in total. The van der Waals surface area contributed by atoms with Gasteiger partial charge in [0.05, 0.1) is 18.1 Å². The zero-order chi connectivity index (χ0) is 13.7. The number of ether oxygens (including phenoxy) is 1. The van der Waals surface area contributed by atoms with Crippen molar-refractivity contribution in [1.29, 1.82) is 0 Å². The second-order valence-corrected chi connectivity index (χ2v) is 4.77. The Bertz CT molecular complexity index is 433. The van der Waals surface area contributed by atoms with Crippen LogP contribution in [-0.4, -0.2) is 48.7 Å². The minimum atomic E-state index is -0.377. The van der Waals surface area contributed by atoms with Crippen LogP contribution >= 0.6 is 0 Å². The van der Waals surface area contributed by atoms with Crippen molar-refractivity contribution in [2.75, 3.05) is 38.2 Å². The van der Waals surface area contributed by atoms with Gasteiger partial charge in [-0.15, -0.1) is 0 Å². The molecule has 1 aliphatic rings. The van der Waals surface area contributed by atoms with Crippen molar-refractivity contribution in [1.82, 2.24) is 4.90 Å². The van der Waals surface area contributed by atoms with E-state index < -0.39 is 0 Å². The van der Waals surface area contributed by atoms with Crippen LogP contribution in [0.1, 0.15) is 6.92 Å². The second kappa shape index (κ2) is 6.49. The smallest absolute Gasteiger partial charge is 0.271 e. The first-order valence-electron chi connectivity index (χ1n) is 6.46. The Morgan fingerprint density at radius 2 is 2.21 bits per heavy atom. The van der Waals surface area contributed by atoms with Gasteiger partial charge in [-0.2, -0.15) is 0 Å². The van der Waals surface area contributed by atoms with Crippen molar-refractivity contribution >= 4 is 11.4 Å². The second-order valence-electron chi connectivity index (χ2n) is 4.77. The number of non-ortho nitro benzene ring substituents is 1. The standard InChI is InChI=1S/C13H19N3O3/c1-11(10-15-5-7-19-8-6-15)14-12-3-2-4-13(9-12)16(17)18/h2-4,9,11,14H,5-8,10H2,1H3. The van der Waals surface area contributed by atoms with Crippen molar-refractivity contribution in [3.8, 4) is 0 Å². The van der Waals surface area contributed by atoms with Crippen LogP contribution in [0.5, 0.6) is 0 Å². The summed E-state index contributed by atoms with van der Waals surface area (Å²) in [4.78, 5) is 12.7. The van der Waals surface area contributed by atoms with E-state index in [0.717, 1.165) is 38.5 Å². The van der Waals surface area contributed by atoms with Gasteiger partial charge in [0.15, 0.2) is 0 Å². The number of nitro benzene ring substituents is 1. The van der Waals surface area contributed by atoms with Crippen molar-refractivity contribution < 1.29 is 9.66 Å². The lowest BCUT2D eigenvalue weighted by atomic mass is 10.2. The first kappa shape index (κ1) is 13.8. The first-order chi connectivity index (χ1) is 9.15. The molecule has 1 heterocycles. The van der Waals surface area contributed by atoms with Crippen LogP contribution in [0.2, 0.25) is 0 Å². The summed E-state index contributed by atoms with van der Waals surface area (Å²) in [5.41, 5.74) is 0.901. The van der Waals surface area contributed by atoms with Gasteiger partial charge in [0.1, 0.15) is 0 Å². The predicted octanol–water partition coefficient (Wildman–Crippen LogP) is 1.73. The Kier molecular flexibility index (Phi) is 4.70. The Hall–Kier alpha value is -1.66. The molecule has 1 aliphatic heterocycles. The van der Waals surface area contributed by atoms with Crippen LogP contribution in [0, 0.1) is 10.1 Å². The average molecular weight is 265 g/mol. The Balaban J connectivity index is 1.88. The van der Waals surface area contributed by atoms with Crippen LogP contribution in [0.15, 0.2) is 24.3 Å². The summed E-state index contributed by atoms with van der Waals surface area (Å²) in [6.45, 7) is 6.44. The van der Waals surface area contributed by atoms with Gasteiger partial charge >= 0.3 is 0 Å². The van der Waals surface area contributed by atoms with Crippen molar-refractivity contribution in [2.24, 2.45) is 0 Å². The zero-order valence-electron chi connectivity index (χ0n) is 11.0. The lowest BCUT2D eigenvalue weighted by Gasteiger charge is -2.29. The molecule has 0 bridgehead atoms. The molecule has 6 heteroatoms. The maximum atomic E-state index is 10.7. The molecule has 2 rings (SSSR count). The lowest BCUT2D eigenvalue weighted by Crippen LogP contribution is -2.42. The van der Waals surface area contributed by atoms with Gasteiger partial charge in [0.25, 0.3) is 5.69 Å². The monoisotopic (exact) mass is 265 g/mol. The highest BCUT2D eigenvalue weighted by atomic mass is 16.6. The van der Waals surface area contributed by atoms with Gasteiger partial charge in [-0.3, -0.25) is 15.0 Å². The summed E-state index contributed by atoms with van der Waals surface area (Å²) in [5, 5.41) is 14.0. The number of hydrogen-bond acceptors (Lipinski definition) is 5. The molecule has 1 aromatic rings. The van der Waals surface area contributed by atoms with Crippen LogP contribution in [0.4, 0.5) is 11.4 Å². The fourth-order valence-electron chi connectivity index (χ4n) is 2.21. The average Bonchev–Trinajstić information content (AvgIpc) is 2.40. The third kappa shape index (κ3) is 4.18. The largest absolute Gasteiger partial charge is 0.381 e. The van der Waals surface area contributed by atoms with E-state index in [1.807, 2.05) is 6.07 Å². The summed E-state index contributed by atoms with van der Waals surface area (Å²) in [5.74, 6) is 0. The molecular weight excluding hydrogens is 246 g/mol. The third-order valence-electron chi connectivity index (χ3n) is 3.11. The highest BCUT2D eigenvalue weighted by Crippen LogP contribution is 2.17. The molecule has 0 spiro atoms. The Labute approximate surface area is 112 Å². The minimum absolute atomic E-state index is 0.114. The molecule has 19 heavy (non-hydrogen) atoms. The quantitative estimate of drug-likeness (QED) is 0.648. The van der Waals surface area contributed by atoms with E-state index in [1.165, 1.54) is 6.07 Å². The van der Waals surface area contributed by atoms with E-state index in [0.29, 0.717) is 0 Å². The van der Waals surface area contributed by atoms with Crippen LogP contribution < -0.4 is 5.32 Å². The summed E-state index contributed by atoms with van der Waals surface area (Å²) in [7, 11) is 0. The number of anilines is 1. The van der Waals surface area contributed by atoms with Gasteiger partial charge in [-0.1, -0.05) is 6.07 Å². The topological polar surface area (TPSA) is 67.6 Å². The molecule has 1 atom stereocenters. The van der Waals surface area contributed by atoms with Crippen LogP contribution in [0.3, 0.4) is 0 Å². The van der Waals surface area contributed by atoms with E-state index in [-0.39, 0.29) is 16.7 Å². The highest BCUT2D eigenvalue weighted by Gasteiger charge is 2.14. The van der Waals surface area contributed by atoms with Crippen molar-refractivity contribution in [3.63, 3.8) is 0 Å². The Morgan fingerprint density at radius 1 is 1.47 bits per heavy atom. The van der Waals surface area contributed by atoms with E-state index >= 15 is 0 Å². The highest BCUT2D eigenvalue weighted by molar-refractivity contribution is 5.51. The van der Waals surface area contributed by atoms with Gasteiger partial charge in [0, 0.05) is 43.5 Å². The predicted molar refractivity (Wildman–Crippen MR) is 73.4 cm³/mol. The zero-order valence-corrected chi connectivity index (χ0v) is 11.0. The number of rotatable bonds is 5. The minimum Gasteiger partial charge on any atom is -0.381 e. The van der Waals surface area contributed by atoms with E-state index in [9.17, 15) is 10.1 Å². The Morgan fingerprint density at radius 3 is 2.89 bits per heavy atom. The number of nitro groups is 1. The van der Waals surface area contributed by atoms with Crippen LogP contribution in [0.25, 0.3) is 0 Å². The van der Waals surface area contributed by atoms with E-state index in [4.69, 9.17) is 4.74 Å².